The van der Waals surface area contributed by atoms with Crippen LogP contribution in [0, 0.1) is 0 Å². The van der Waals surface area contributed by atoms with E-state index in [0.29, 0.717) is 12.1 Å². The Balaban J connectivity index is 1.82. The van der Waals surface area contributed by atoms with Crippen molar-refractivity contribution in [1.82, 2.24) is 16.0 Å². The van der Waals surface area contributed by atoms with E-state index in [1.807, 2.05) is 43.3 Å². The number of amides is 1. The molecule has 2 aromatic rings. The number of nitrogens with zero attached hydrogens (tertiary/aromatic N) is 1. The molecule has 1 atom stereocenters. The van der Waals surface area contributed by atoms with Crippen LogP contribution in [0.4, 0.5) is 0 Å². The molecule has 0 heterocycles. The fourth-order valence-corrected chi connectivity index (χ4v) is 2.76. The summed E-state index contributed by atoms with van der Waals surface area (Å²) >= 11 is 0. The van der Waals surface area contributed by atoms with Gasteiger partial charge in [0.1, 0.15) is 5.75 Å². The zero-order valence-corrected chi connectivity index (χ0v) is 17.8. The number of hydrogen-bond donors (Lipinski definition) is 3. The van der Waals surface area contributed by atoms with Gasteiger partial charge in [0, 0.05) is 31.7 Å². The van der Waals surface area contributed by atoms with E-state index < -0.39 is 0 Å². The van der Waals surface area contributed by atoms with Crippen molar-refractivity contribution in [3.63, 3.8) is 0 Å². The van der Waals surface area contributed by atoms with E-state index in [0.717, 1.165) is 36.7 Å². The molecule has 0 saturated carbocycles. The van der Waals surface area contributed by atoms with Crippen molar-refractivity contribution in [1.29, 1.82) is 0 Å². The first-order chi connectivity index (χ1) is 14.0. The van der Waals surface area contributed by atoms with Crippen molar-refractivity contribution in [2.24, 2.45) is 4.99 Å². The van der Waals surface area contributed by atoms with E-state index in [9.17, 15) is 4.79 Å². The van der Waals surface area contributed by atoms with Crippen LogP contribution in [0.5, 0.6) is 5.75 Å². The summed E-state index contributed by atoms with van der Waals surface area (Å²) in [6.07, 6.45) is 1.79. The van der Waals surface area contributed by atoms with Crippen molar-refractivity contribution in [2.45, 2.75) is 39.3 Å². The molecule has 0 fully saturated rings. The maximum Gasteiger partial charge on any atom is 0.251 e. The highest BCUT2D eigenvalue weighted by molar-refractivity contribution is 5.94. The number of benzene rings is 2. The highest BCUT2D eigenvalue weighted by atomic mass is 16.5. The number of rotatable bonds is 9. The number of carbonyl (C=O) groups is 1. The molecule has 6 nitrogen and oxygen atoms in total. The summed E-state index contributed by atoms with van der Waals surface area (Å²) < 4.78 is 5.18. The lowest BCUT2D eigenvalue weighted by Gasteiger charge is -2.14. The van der Waals surface area contributed by atoms with E-state index >= 15 is 0 Å². The molecule has 1 amide bonds. The lowest BCUT2D eigenvalue weighted by molar-refractivity contribution is 0.0939. The zero-order valence-electron chi connectivity index (χ0n) is 17.8. The number of nitrogens with one attached hydrogen (secondary N) is 3. The van der Waals surface area contributed by atoms with E-state index in [1.54, 1.807) is 14.2 Å². The maximum absolute atomic E-state index is 12.3. The fraction of sp³-hybridized carbons (Fsp3) is 0.391. The highest BCUT2D eigenvalue weighted by Crippen LogP contribution is 2.11. The first-order valence-corrected chi connectivity index (χ1v) is 10.0. The third-order valence-corrected chi connectivity index (χ3v) is 4.73. The molecule has 0 spiro atoms. The van der Waals surface area contributed by atoms with Crippen molar-refractivity contribution in [3.05, 3.63) is 65.2 Å². The van der Waals surface area contributed by atoms with Crippen LogP contribution in [-0.4, -0.2) is 38.6 Å². The molecule has 0 aliphatic heterocycles. The van der Waals surface area contributed by atoms with Crippen LogP contribution in [0.1, 0.15) is 41.8 Å². The van der Waals surface area contributed by atoms with Crippen LogP contribution < -0.4 is 20.7 Å². The standard InChI is InChI=1S/C23H32N4O2/c1-5-17(2)27-22(28)20-8-6-7-19(15-20)16-26-23(24-3)25-14-13-18-9-11-21(29-4)12-10-18/h6-12,15,17H,5,13-14,16H2,1-4H3,(H,27,28)(H2,24,25,26). The highest BCUT2D eigenvalue weighted by Gasteiger charge is 2.09. The predicted molar refractivity (Wildman–Crippen MR) is 119 cm³/mol. The number of aliphatic imine (C=N–C) groups is 1. The molecule has 2 rings (SSSR count). The van der Waals surface area contributed by atoms with E-state index in [4.69, 9.17) is 4.74 Å². The molecule has 2 aromatic carbocycles. The van der Waals surface area contributed by atoms with Crippen molar-refractivity contribution < 1.29 is 9.53 Å². The predicted octanol–water partition coefficient (Wildman–Crippen LogP) is 3.13. The van der Waals surface area contributed by atoms with Crippen molar-refractivity contribution in [2.75, 3.05) is 20.7 Å². The number of ether oxygens (including phenoxy) is 1. The molecular weight excluding hydrogens is 364 g/mol. The van der Waals surface area contributed by atoms with Gasteiger partial charge in [0.15, 0.2) is 5.96 Å². The first kappa shape index (κ1) is 22.3. The van der Waals surface area contributed by atoms with Gasteiger partial charge in [-0.05, 0) is 55.2 Å². The van der Waals surface area contributed by atoms with Crippen LogP contribution in [-0.2, 0) is 13.0 Å². The quantitative estimate of drug-likeness (QED) is 0.450. The maximum atomic E-state index is 12.3. The second-order valence-electron chi connectivity index (χ2n) is 6.93. The van der Waals surface area contributed by atoms with E-state index in [1.165, 1.54) is 5.56 Å². The van der Waals surface area contributed by atoms with Crippen molar-refractivity contribution in [3.8, 4) is 5.75 Å². The third-order valence-electron chi connectivity index (χ3n) is 4.73. The Kier molecular flexibility index (Phi) is 9.02. The Labute approximate surface area is 173 Å². The molecule has 1 unspecified atom stereocenters. The van der Waals surface area contributed by atoms with Gasteiger partial charge in [0.2, 0.25) is 0 Å². The SMILES string of the molecule is CCC(C)NC(=O)c1cccc(CNC(=NC)NCCc2ccc(OC)cc2)c1. The number of guanidine groups is 1. The Morgan fingerprint density at radius 3 is 2.52 bits per heavy atom. The van der Waals surface area contributed by atoms with Crippen LogP contribution >= 0.6 is 0 Å². The fourth-order valence-electron chi connectivity index (χ4n) is 2.76. The van der Waals surface area contributed by atoms with Gasteiger partial charge in [-0.25, -0.2) is 0 Å². The summed E-state index contributed by atoms with van der Waals surface area (Å²) in [5, 5.41) is 9.61. The molecule has 0 aliphatic rings. The smallest absolute Gasteiger partial charge is 0.251 e. The van der Waals surface area contributed by atoms with E-state index in [-0.39, 0.29) is 11.9 Å². The molecule has 3 N–H and O–H groups in total. The minimum absolute atomic E-state index is 0.0387. The van der Waals surface area contributed by atoms with Gasteiger partial charge in [0.05, 0.1) is 7.11 Å². The Morgan fingerprint density at radius 2 is 1.86 bits per heavy atom. The Bertz CT molecular complexity index is 803. The topological polar surface area (TPSA) is 74.8 Å². The summed E-state index contributed by atoms with van der Waals surface area (Å²) in [5.74, 6) is 1.55. The van der Waals surface area contributed by atoms with Gasteiger partial charge in [-0.3, -0.25) is 9.79 Å². The van der Waals surface area contributed by atoms with Crippen LogP contribution in [0.15, 0.2) is 53.5 Å². The van der Waals surface area contributed by atoms with Crippen LogP contribution in [0.2, 0.25) is 0 Å². The van der Waals surface area contributed by atoms with Crippen LogP contribution in [0.25, 0.3) is 0 Å². The molecule has 0 radical (unpaired) electrons. The summed E-state index contributed by atoms with van der Waals surface area (Å²) in [6.45, 7) is 5.42. The minimum Gasteiger partial charge on any atom is -0.497 e. The van der Waals surface area contributed by atoms with E-state index in [2.05, 4.69) is 40.0 Å². The second-order valence-corrected chi connectivity index (χ2v) is 6.93. The first-order valence-electron chi connectivity index (χ1n) is 10.0. The molecule has 0 saturated heterocycles. The van der Waals surface area contributed by atoms with Gasteiger partial charge < -0.3 is 20.7 Å². The Morgan fingerprint density at radius 1 is 1.10 bits per heavy atom. The number of hydrogen-bond acceptors (Lipinski definition) is 3. The van der Waals surface area contributed by atoms with Gasteiger partial charge in [-0.1, -0.05) is 31.2 Å². The monoisotopic (exact) mass is 396 g/mol. The summed E-state index contributed by atoms with van der Waals surface area (Å²) in [4.78, 5) is 16.6. The van der Waals surface area contributed by atoms with Crippen molar-refractivity contribution >= 4 is 11.9 Å². The van der Waals surface area contributed by atoms with Gasteiger partial charge >= 0.3 is 0 Å². The average Bonchev–Trinajstić information content (AvgIpc) is 2.76. The Hall–Kier alpha value is -3.02. The normalized spacial score (nSPS) is 12.2. The number of methoxy groups -OCH3 is 1. The largest absolute Gasteiger partial charge is 0.497 e. The molecular formula is C23H32N4O2. The van der Waals surface area contributed by atoms with Gasteiger partial charge in [-0.2, -0.15) is 0 Å². The molecule has 0 bridgehead atoms. The molecule has 29 heavy (non-hydrogen) atoms. The lowest BCUT2D eigenvalue weighted by Crippen LogP contribution is -2.38. The summed E-state index contributed by atoms with van der Waals surface area (Å²) in [6, 6.07) is 15.9. The van der Waals surface area contributed by atoms with Gasteiger partial charge in [0.25, 0.3) is 5.91 Å². The number of carbonyl (C=O) groups excluding carboxylic acids is 1. The summed E-state index contributed by atoms with van der Waals surface area (Å²) in [7, 11) is 3.42. The van der Waals surface area contributed by atoms with Crippen LogP contribution in [0.3, 0.4) is 0 Å². The molecule has 6 heteroatoms. The molecule has 0 aromatic heterocycles. The second kappa shape index (κ2) is 11.7. The molecule has 0 aliphatic carbocycles. The summed E-state index contributed by atoms with van der Waals surface area (Å²) in [5.41, 5.74) is 2.93. The van der Waals surface area contributed by atoms with Gasteiger partial charge in [-0.15, -0.1) is 0 Å². The minimum atomic E-state index is -0.0387. The zero-order chi connectivity index (χ0) is 21.1. The molecule has 156 valence electrons. The third kappa shape index (κ3) is 7.49. The average molecular weight is 397 g/mol. The lowest BCUT2D eigenvalue weighted by atomic mass is 10.1.